The lowest BCUT2D eigenvalue weighted by Gasteiger charge is -2.23. The Labute approximate surface area is 125 Å². The Morgan fingerprint density at radius 1 is 1.40 bits per heavy atom. The fourth-order valence-corrected chi connectivity index (χ4v) is 3.69. The van der Waals surface area contributed by atoms with Crippen LogP contribution in [0, 0.1) is 0 Å². The Hall–Kier alpha value is -1.13. The standard InChI is InChI=1S/C16H22O3S/c1-3-19-15-11-12(6-7-14(15)18-2)13(8-9-17)16-5-4-10-20-16/h4,6-7,10-11,13,16-17H,3,5,8-9H2,1-2H3. The Kier molecular flexibility index (Phi) is 5.80. The molecule has 1 aromatic rings. The van der Waals surface area contributed by atoms with Crippen LogP contribution in [0.5, 0.6) is 11.5 Å². The van der Waals surface area contributed by atoms with Gasteiger partial charge in [-0.05, 0) is 48.8 Å². The molecular formula is C16H22O3S. The maximum atomic E-state index is 9.35. The summed E-state index contributed by atoms with van der Waals surface area (Å²) in [5.41, 5.74) is 1.21. The highest BCUT2D eigenvalue weighted by Gasteiger charge is 2.25. The van der Waals surface area contributed by atoms with Crippen molar-refractivity contribution < 1.29 is 14.6 Å². The summed E-state index contributed by atoms with van der Waals surface area (Å²) in [6.45, 7) is 2.79. The van der Waals surface area contributed by atoms with E-state index >= 15 is 0 Å². The van der Waals surface area contributed by atoms with Crippen LogP contribution in [0.2, 0.25) is 0 Å². The number of aliphatic hydroxyl groups excluding tert-OH is 1. The minimum atomic E-state index is 0.206. The van der Waals surface area contributed by atoms with Gasteiger partial charge in [-0.2, -0.15) is 0 Å². The summed E-state index contributed by atoms with van der Waals surface area (Å²) in [5, 5.41) is 12.0. The van der Waals surface area contributed by atoms with Gasteiger partial charge in [0.1, 0.15) is 0 Å². The summed E-state index contributed by atoms with van der Waals surface area (Å²) in [5.74, 6) is 1.88. The number of aliphatic hydroxyl groups is 1. The predicted octanol–water partition coefficient (Wildman–Crippen LogP) is 3.58. The van der Waals surface area contributed by atoms with Gasteiger partial charge in [-0.25, -0.2) is 0 Å². The first kappa shape index (κ1) is 15.3. The van der Waals surface area contributed by atoms with Crippen LogP contribution in [0.15, 0.2) is 29.7 Å². The van der Waals surface area contributed by atoms with Crippen LogP contribution >= 0.6 is 11.8 Å². The highest BCUT2D eigenvalue weighted by atomic mass is 32.2. The van der Waals surface area contributed by atoms with Crippen molar-refractivity contribution in [1.29, 1.82) is 0 Å². The van der Waals surface area contributed by atoms with Crippen molar-refractivity contribution in [2.24, 2.45) is 0 Å². The molecule has 2 rings (SSSR count). The lowest BCUT2D eigenvalue weighted by Crippen LogP contribution is -2.14. The molecule has 0 spiro atoms. The van der Waals surface area contributed by atoms with Gasteiger partial charge in [0.05, 0.1) is 13.7 Å². The molecule has 0 bridgehead atoms. The largest absolute Gasteiger partial charge is 0.493 e. The first-order chi connectivity index (χ1) is 9.80. The lowest BCUT2D eigenvalue weighted by atomic mass is 9.90. The molecule has 0 aromatic heterocycles. The molecule has 2 atom stereocenters. The molecule has 3 nitrogen and oxygen atoms in total. The molecule has 0 radical (unpaired) electrons. The third kappa shape index (κ3) is 3.49. The molecule has 0 aliphatic carbocycles. The quantitative estimate of drug-likeness (QED) is 0.834. The molecule has 1 aliphatic heterocycles. The van der Waals surface area contributed by atoms with Crippen molar-refractivity contribution in [3.05, 3.63) is 35.2 Å². The zero-order valence-electron chi connectivity index (χ0n) is 12.0. The second-order valence-electron chi connectivity index (χ2n) is 4.74. The molecule has 20 heavy (non-hydrogen) atoms. The summed E-state index contributed by atoms with van der Waals surface area (Å²) in [4.78, 5) is 0. The topological polar surface area (TPSA) is 38.7 Å². The molecule has 0 saturated carbocycles. The summed E-state index contributed by atoms with van der Waals surface area (Å²) < 4.78 is 11.0. The Bertz CT molecular complexity index is 451. The Balaban J connectivity index is 2.25. The minimum Gasteiger partial charge on any atom is -0.493 e. The Morgan fingerprint density at radius 2 is 2.25 bits per heavy atom. The number of thioether (sulfide) groups is 1. The van der Waals surface area contributed by atoms with Gasteiger partial charge in [-0.1, -0.05) is 12.1 Å². The number of hydrogen-bond acceptors (Lipinski definition) is 4. The summed E-state index contributed by atoms with van der Waals surface area (Å²) >= 11 is 1.85. The number of ether oxygens (including phenoxy) is 2. The minimum absolute atomic E-state index is 0.206. The molecule has 2 unspecified atom stereocenters. The van der Waals surface area contributed by atoms with E-state index in [2.05, 4.69) is 23.6 Å². The van der Waals surface area contributed by atoms with Gasteiger partial charge in [-0.3, -0.25) is 0 Å². The lowest BCUT2D eigenvalue weighted by molar-refractivity contribution is 0.273. The van der Waals surface area contributed by atoms with E-state index in [-0.39, 0.29) is 6.61 Å². The third-order valence-corrected chi connectivity index (χ3v) is 4.74. The molecule has 110 valence electrons. The van der Waals surface area contributed by atoms with Gasteiger partial charge in [0.25, 0.3) is 0 Å². The molecule has 4 heteroatoms. The highest BCUT2D eigenvalue weighted by Crippen LogP contribution is 2.40. The molecule has 0 fully saturated rings. The number of benzene rings is 1. The maximum Gasteiger partial charge on any atom is 0.161 e. The van der Waals surface area contributed by atoms with Gasteiger partial charge in [-0.15, -0.1) is 11.8 Å². The first-order valence-corrected chi connectivity index (χ1v) is 7.96. The van der Waals surface area contributed by atoms with Crippen LogP contribution in [0.4, 0.5) is 0 Å². The van der Waals surface area contributed by atoms with Crippen molar-refractivity contribution in [1.82, 2.24) is 0 Å². The number of methoxy groups -OCH3 is 1. The van der Waals surface area contributed by atoms with E-state index in [1.54, 1.807) is 7.11 Å². The first-order valence-electron chi connectivity index (χ1n) is 7.02. The monoisotopic (exact) mass is 294 g/mol. The second-order valence-corrected chi connectivity index (χ2v) is 5.89. The van der Waals surface area contributed by atoms with Crippen LogP contribution in [-0.2, 0) is 0 Å². The van der Waals surface area contributed by atoms with E-state index in [1.807, 2.05) is 24.8 Å². The van der Waals surface area contributed by atoms with Crippen LogP contribution in [0.1, 0.15) is 31.2 Å². The Morgan fingerprint density at radius 3 is 2.85 bits per heavy atom. The molecule has 1 N–H and O–H groups in total. The van der Waals surface area contributed by atoms with Gasteiger partial charge in [0, 0.05) is 11.9 Å². The van der Waals surface area contributed by atoms with Crippen molar-refractivity contribution in [3.63, 3.8) is 0 Å². The van der Waals surface area contributed by atoms with Gasteiger partial charge in [0.15, 0.2) is 11.5 Å². The smallest absolute Gasteiger partial charge is 0.161 e. The van der Waals surface area contributed by atoms with Crippen molar-refractivity contribution in [3.8, 4) is 11.5 Å². The normalized spacial score (nSPS) is 19.1. The van der Waals surface area contributed by atoms with E-state index in [1.165, 1.54) is 5.56 Å². The molecule has 1 aromatic carbocycles. The van der Waals surface area contributed by atoms with Crippen LogP contribution in [-0.4, -0.2) is 30.7 Å². The zero-order chi connectivity index (χ0) is 14.4. The maximum absolute atomic E-state index is 9.35. The van der Waals surface area contributed by atoms with E-state index in [9.17, 15) is 5.11 Å². The average molecular weight is 294 g/mol. The molecule has 0 saturated heterocycles. The fraction of sp³-hybridized carbons (Fsp3) is 0.500. The molecule has 0 amide bonds. The number of rotatable bonds is 7. The molecular weight excluding hydrogens is 272 g/mol. The molecule has 1 heterocycles. The predicted molar refractivity (Wildman–Crippen MR) is 83.7 cm³/mol. The fourth-order valence-electron chi connectivity index (χ4n) is 2.56. The zero-order valence-corrected chi connectivity index (χ0v) is 12.9. The molecule has 1 aliphatic rings. The second kappa shape index (κ2) is 7.60. The van der Waals surface area contributed by atoms with Crippen LogP contribution in [0.25, 0.3) is 0 Å². The van der Waals surface area contributed by atoms with E-state index in [4.69, 9.17) is 9.47 Å². The van der Waals surface area contributed by atoms with Gasteiger partial charge in [0.2, 0.25) is 0 Å². The van der Waals surface area contributed by atoms with E-state index in [0.29, 0.717) is 17.8 Å². The number of allylic oxidation sites excluding steroid dienone is 1. The summed E-state index contributed by atoms with van der Waals surface area (Å²) in [6.07, 6.45) is 4.04. The summed E-state index contributed by atoms with van der Waals surface area (Å²) in [7, 11) is 1.65. The van der Waals surface area contributed by atoms with Crippen LogP contribution in [0.3, 0.4) is 0 Å². The van der Waals surface area contributed by atoms with Gasteiger partial charge >= 0.3 is 0 Å². The van der Waals surface area contributed by atoms with Crippen molar-refractivity contribution in [2.45, 2.75) is 30.9 Å². The van der Waals surface area contributed by atoms with Crippen molar-refractivity contribution in [2.75, 3.05) is 20.3 Å². The van der Waals surface area contributed by atoms with Gasteiger partial charge < -0.3 is 14.6 Å². The SMILES string of the molecule is CCOc1cc(C(CCO)C2CC=CS2)ccc1OC. The third-order valence-electron chi connectivity index (χ3n) is 3.52. The van der Waals surface area contributed by atoms with E-state index in [0.717, 1.165) is 24.3 Å². The van der Waals surface area contributed by atoms with E-state index < -0.39 is 0 Å². The van der Waals surface area contributed by atoms with Crippen molar-refractivity contribution >= 4 is 11.8 Å². The average Bonchev–Trinajstić information content (AvgIpc) is 2.99. The number of hydrogen-bond donors (Lipinski definition) is 1. The van der Waals surface area contributed by atoms with Crippen LogP contribution < -0.4 is 9.47 Å². The summed E-state index contributed by atoms with van der Waals surface area (Å²) in [6, 6.07) is 6.10. The highest BCUT2D eigenvalue weighted by molar-refractivity contribution is 8.03.